The topological polar surface area (TPSA) is 121 Å². The molecule has 0 aliphatic heterocycles. The lowest BCUT2D eigenvalue weighted by Gasteiger charge is -2.08. The molecular formula is C12H12N3O4S. The first-order valence-electron chi connectivity index (χ1n) is 5.46. The molecule has 105 valence electrons. The monoisotopic (exact) mass is 294 g/mol. The van der Waals surface area contributed by atoms with Crippen molar-refractivity contribution in [3.63, 3.8) is 0 Å². The van der Waals surface area contributed by atoms with Crippen LogP contribution in [0.25, 0.3) is 0 Å². The minimum absolute atomic E-state index is 0.0814. The van der Waals surface area contributed by atoms with Gasteiger partial charge in [-0.3, -0.25) is 4.79 Å². The van der Waals surface area contributed by atoms with Crippen LogP contribution in [-0.4, -0.2) is 31.0 Å². The SMILES string of the molecule is N#CN(C(N)=O)C(=O)[CH]CS(=O)(=O)Cc1ccccc1. The van der Waals surface area contributed by atoms with E-state index in [0.717, 1.165) is 6.42 Å². The summed E-state index contributed by atoms with van der Waals surface area (Å²) < 4.78 is 23.6. The lowest BCUT2D eigenvalue weighted by molar-refractivity contribution is -0.122. The van der Waals surface area contributed by atoms with Gasteiger partial charge < -0.3 is 5.73 Å². The number of primary amides is 1. The Balaban J connectivity index is 2.63. The third-order valence-electron chi connectivity index (χ3n) is 2.28. The zero-order valence-corrected chi connectivity index (χ0v) is 11.2. The first-order valence-corrected chi connectivity index (χ1v) is 7.28. The Morgan fingerprint density at radius 1 is 1.30 bits per heavy atom. The van der Waals surface area contributed by atoms with E-state index in [0.29, 0.717) is 5.56 Å². The van der Waals surface area contributed by atoms with E-state index in [2.05, 4.69) is 0 Å². The molecule has 1 aromatic carbocycles. The maximum Gasteiger partial charge on any atom is 0.335 e. The summed E-state index contributed by atoms with van der Waals surface area (Å²) in [6.07, 6.45) is 2.01. The fourth-order valence-corrected chi connectivity index (χ4v) is 2.60. The van der Waals surface area contributed by atoms with Crippen molar-refractivity contribution in [1.29, 1.82) is 5.26 Å². The molecule has 0 saturated heterocycles. The minimum atomic E-state index is -3.56. The van der Waals surface area contributed by atoms with Gasteiger partial charge in [0, 0.05) is 0 Å². The van der Waals surface area contributed by atoms with Gasteiger partial charge in [-0.15, -0.1) is 0 Å². The summed E-state index contributed by atoms with van der Waals surface area (Å²) in [6, 6.07) is 7.18. The zero-order chi connectivity index (χ0) is 15.2. The van der Waals surface area contributed by atoms with Gasteiger partial charge in [-0.2, -0.15) is 10.2 Å². The Bertz CT molecular complexity index is 634. The second-order valence-corrected chi connectivity index (χ2v) is 5.97. The second kappa shape index (κ2) is 6.68. The number of imide groups is 1. The third-order valence-corrected chi connectivity index (χ3v) is 3.73. The predicted octanol–water partition coefficient (Wildman–Crippen LogP) is 0.194. The van der Waals surface area contributed by atoms with Crippen LogP contribution in [0.2, 0.25) is 0 Å². The van der Waals surface area contributed by atoms with Crippen molar-refractivity contribution in [1.82, 2.24) is 4.90 Å². The van der Waals surface area contributed by atoms with Gasteiger partial charge in [0.2, 0.25) is 5.91 Å². The quantitative estimate of drug-likeness (QED) is 0.614. The number of nitriles is 1. The molecule has 0 saturated carbocycles. The first kappa shape index (κ1) is 15.7. The summed E-state index contributed by atoms with van der Waals surface area (Å²) in [6.45, 7) is 0. The number of hydrogen-bond donors (Lipinski definition) is 1. The Labute approximate surface area is 116 Å². The van der Waals surface area contributed by atoms with E-state index in [1.54, 1.807) is 30.3 Å². The number of nitrogens with two attached hydrogens (primary N) is 1. The maximum absolute atomic E-state index is 11.8. The molecule has 0 heterocycles. The molecule has 1 rings (SSSR count). The summed E-state index contributed by atoms with van der Waals surface area (Å²) in [5, 5.41) is 8.52. The smallest absolute Gasteiger partial charge is 0.335 e. The van der Waals surface area contributed by atoms with E-state index in [1.807, 2.05) is 0 Å². The van der Waals surface area contributed by atoms with Crippen molar-refractivity contribution in [2.24, 2.45) is 5.73 Å². The van der Waals surface area contributed by atoms with Crippen LogP contribution in [0.15, 0.2) is 30.3 Å². The van der Waals surface area contributed by atoms with Crippen molar-refractivity contribution in [3.8, 4) is 6.19 Å². The van der Waals surface area contributed by atoms with Crippen LogP contribution in [0.5, 0.6) is 0 Å². The lowest BCUT2D eigenvalue weighted by atomic mass is 10.2. The zero-order valence-electron chi connectivity index (χ0n) is 10.4. The fourth-order valence-electron chi connectivity index (χ4n) is 1.38. The Hall–Kier alpha value is -2.40. The molecule has 3 amide bonds. The van der Waals surface area contributed by atoms with Gasteiger partial charge in [0.15, 0.2) is 16.0 Å². The average molecular weight is 294 g/mol. The van der Waals surface area contributed by atoms with Crippen LogP contribution in [-0.2, 0) is 20.4 Å². The normalized spacial score (nSPS) is 10.6. The Kier molecular flexibility index (Phi) is 5.23. The highest BCUT2D eigenvalue weighted by atomic mass is 32.2. The van der Waals surface area contributed by atoms with E-state index in [9.17, 15) is 18.0 Å². The molecule has 8 heteroatoms. The van der Waals surface area contributed by atoms with Crippen LogP contribution in [0.3, 0.4) is 0 Å². The molecule has 20 heavy (non-hydrogen) atoms. The molecular weight excluding hydrogens is 282 g/mol. The molecule has 0 fully saturated rings. The van der Waals surface area contributed by atoms with Gasteiger partial charge in [-0.1, -0.05) is 30.3 Å². The molecule has 2 N–H and O–H groups in total. The van der Waals surface area contributed by atoms with Gasteiger partial charge in [0.1, 0.15) is 0 Å². The predicted molar refractivity (Wildman–Crippen MR) is 70.3 cm³/mol. The van der Waals surface area contributed by atoms with Crippen molar-refractivity contribution in [2.75, 3.05) is 5.75 Å². The molecule has 7 nitrogen and oxygen atoms in total. The molecule has 1 aromatic rings. The van der Waals surface area contributed by atoms with Gasteiger partial charge in [0.25, 0.3) is 0 Å². The number of carbonyl (C=O) groups is 2. The number of hydrogen-bond acceptors (Lipinski definition) is 5. The highest BCUT2D eigenvalue weighted by Gasteiger charge is 2.22. The van der Waals surface area contributed by atoms with E-state index < -0.39 is 27.5 Å². The summed E-state index contributed by atoms with van der Waals surface area (Å²) in [5.41, 5.74) is 5.37. The fraction of sp³-hybridized carbons (Fsp3) is 0.167. The van der Waals surface area contributed by atoms with Crippen molar-refractivity contribution < 1.29 is 18.0 Å². The molecule has 0 spiro atoms. The van der Waals surface area contributed by atoms with Gasteiger partial charge in [0.05, 0.1) is 17.9 Å². The van der Waals surface area contributed by atoms with E-state index in [-0.39, 0.29) is 10.7 Å². The Morgan fingerprint density at radius 2 is 1.90 bits per heavy atom. The van der Waals surface area contributed by atoms with E-state index in [4.69, 9.17) is 11.0 Å². The second-order valence-electron chi connectivity index (χ2n) is 3.86. The van der Waals surface area contributed by atoms with Crippen LogP contribution in [0, 0.1) is 17.9 Å². The number of sulfone groups is 1. The number of rotatable bonds is 5. The van der Waals surface area contributed by atoms with Gasteiger partial charge >= 0.3 is 6.03 Å². The highest BCUT2D eigenvalue weighted by molar-refractivity contribution is 7.90. The van der Waals surface area contributed by atoms with Crippen molar-refractivity contribution in [3.05, 3.63) is 42.3 Å². The molecule has 0 aliphatic rings. The molecule has 1 radical (unpaired) electrons. The number of nitrogens with zero attached hydrogens (tertiary/aromatic N) is 2. The van der Waals surface area contributed by atoms with Crippen LogP contribution in [0.1, 0.15) is 5.56 Å². The largest absolute Gasteiger partial charge is 0.350 e. The lowest BCUT2D eigenvalue weighted by Crippen LogP contribution is -2.38. The number of carbonyl (C=O) groups excluding carboxylic acids is 2. The van der Waals surface area contributed by atoms with Crippen LogP contribution in [0.4, 0.5) is 4.79 Å². The first-order chi connectivity index (χ1) is 9.35. The minimum Gasteiger partial charge on any atom is -0.350 e. The molecule has 0 unspecified atom stereocenters. The summed E-state index contributed by atoms with van der Waals surface area (Å²) in [7, 11) is -3.56. The number of benzene rings is 1. The maximum atomic E-state index is 11.8. The standard InChI is InChI=1S/C12H12N3O4S/c13-9-15(12(14)17)11(16)6-7-20(18,19)8-10-4-2-1-3-5-10/h1-6H,7-8H2,(H2,14,17). The average Bonchev–Trinajstić information content (AvgIpc) is 2.37. The molecule has 0 bridgehead atoms. The van der Waals surface area contributed by atoms with Crippen molar-refractivity contribution in [2.45, 2.75) is 5.75 Å². The molecule has 0 aliphatic carbocycles. The third kappa shape index (κ3) is 4.70. The molecule has 0 aromatic heterocycles. The summed E-state index contributed by atoms with van der Waals surface area (Å²) in [4.78, 5) is 22.2. The summed E-state index contributed by atoms with van der Waals surface area (Å²) >= 11 is 0. The van der Waals surface area contributed by atoms with Crippen LogP contribution < -0.4 is 5.73 Å². The number of urea groups is 1. The number of amides is 3. The molecule has 0 atom stereocenters. The Morgan fingerprint density at radius 3 is 2.40 bits per heavy atom. The highest BCUT2D eigenvalue weighted by Crippen LogP contribution is 2.07. The van der Waals surface area contributed by atoms with E-state index >= 15 is 0 Å². The van der Waals surface area contributed by atoms with E-state index in [1.165, 1.54) is 6.19 Å². The van der Waals surface area contributed by atoms with Crippen molar-refractivity contribution >= 4 is 21.8 Å². The van der Waals surface area contributed by atoms with Gasteiger partial charge in [-0.25, -0.2) is 13.2 Å². The summed E-state index contributed by atoms with van der Waals surface area (Å²) in [5.74, 6) is -1.87. The van der Waals surface area contributed by atoms with Gasteiger partial charge in [-0.05, 0) is 5.56 Å². The van der Waals surface area contributed by atoms with Crippen LogP contribution >= 0.6 is 0 Å².